The van der Waals surface area contributed by atoms with Crippen molar-refractivity contribution < 1.29 is 0 Å². The molecule has 0 unspecified atom stereocenters. The van der Waals surface area contributed by atoms with Crippen molar-refractivity contribution in [2.24, 2.45) is 5.73 Å². The van der Waals surface area contributed by atoms with Gasteiger partial charge >= 0.3 is 0 Å². The Morgan fingerprint density at radius 1 is 0.944 bits per heavy atom. The first-order valence-electron chi connectivity index (χ1n) is 6.02. The average molecular weight is 275 g/mol. The molecule has 0 radical (unpaired) electrons. The van der Waals surface area contributed by atoms with E-state index >= 15 is 0 Å². The van der Waals surface area contributed by atoms with Crippen molar-refractivity contribution in [2.45, 2.75) is 28.2 Å². The molecule has 2 aromatic carbocycles. The third kappa shape index (κ3) is 3.31. The van der Waals surface area contributed by atoms with E-state index in [1.807, 2.05) is 17.8 Å². The van der Waals surface area contributed by atoms with Crippen molar-refractivity contribution in [3.63, 3.8) is 0 Å². The Labute approximate surface area is 117 Å². The van der Waals surface area contributed by atoms with Crippen molar-refractivity contribution in [3.05, 3.63) is 54.1 Å². The first kappa shape index (κ1) is 13.5. The smallest absolute Gasteiger partial charge is 0.0200 e. The van der Waals surface area contributed by atoms with Crippen molar-refractivity contribution in [2.75, 3.05) is 5.75 Å². The van der Waals surface area contributed by atoms with Crippen LogP contribution in [0.1, 0.15) is 12.5 Å². The lowest BCUT2D eigenvalue weighted by Gasteiger charge is -2.12. The van der Waals surface area contributed by atoms with Crippen molar-refractivity contribution >= 4 is 23.5 Å². The molecule has 0 heterocycles. The Kier molecular flexibility index (Phi) is 5.17. The number of benzene rings is 2. The van der Waals surface area contributed by atoms with Crippen LogP contribution in [0.2, 0.25) is 0 Å². The van der Waals surface area contributed by atoms with E-state index < -0.39 is 0 Å². The van der Waals surface area contributed by atoms with Gasteiger partial charge in [-0.3, -0.25) is 0 Å². The van der Waals surface area contributed by atoms with Gasteiger partial charge in [-0.25, -0.2) is 0 Å². The number of hydrogen-bond donors (Lipinski definition) is 1. The molecule has 18 heavy (non-hydrogen) atoms. The second kappa shape index (κ2) is 6.88. The third-order valence-corrected chi connectivity index (χ3v) is 4.66. The van der Waals surface area contributed by atoms with E-state index in [2.05, 4.69) is 49.4 Å². The van der Waals surface area contributed by atoms with Gasteiger partial charge in [0.05, 0.1) is 0 Å². The number of nitrogens with two attached hydrogens (primary N) is 1. The molecule has 0 saturated carbocycles. The van der Waals surface area contributed by atoms with Crippen LogP contribution in [0.3, 0.4) is 0 Å². The molecule has 94 valence electrons. The quantitative estimate of drug-likeness (QED) is 0.819. The first-order chi connectivity index (χ1) is 8.85. The maximum atomic E-state index is 5.91. The summed E-state index contributed by atoms with van der Waals surface area (Å²) in [5, 5.41) is 0. The minimum atomic E-state index is 0.596. The van der Waals surface area contributed by atoms with Crippen molar-refractivity contribution in [1.82, 2.24) is 0 Å². The predicted molar refractivity (Wildman–Crippen MR) is 81.3 cm³/mol. The summed E-state index contributed by atoms with van der Waals surface area (Å²) in [4.78, 5) is 3.83. The zero-order valence-electron chi connectivity index (χ0n) is 10.4. The van der Waals surface area contributed by atoms with E-state index in [1.54, 1.807) is 11.8 Å². The standard InChI is InChI=1S/C15H17NS2/c1-2-17-14-9-6-10-15(13(14)11-16)18-12-7-4-3-5-8-12/h3-10H,2,11,16H2,1H3. The van der Waals surface area contributed by atoms with Crippen molar-refractivity contribution in [1.29, 1.82) is 0 Å². The Morgan fingerprint density at radius 3 is 2.33 bits per heavy atom. The van der Waals surface area contributed by atoms with E-state index in [1.165, 1.54) is 20.2 Å². The van der Waals surface area contributed by atoms with Crippen LogP contribution in [0, 0.1) is 0 Å². The molecule has 0 aliphatic rings. The van der Waals surface area contributed by atoms with Gasteiger partial charge in [-0.2, -0.15) is 0 Å². The Bertz CT molecular complexity index is 497. The fraction of sp³-hybridized carbons (Fsp3) is 0.200. The van der Waals surface area contributed by atoms with Gasteiger partial charge in [-0.1, -0.05) is 43.0 Å². The SMILES string of the molecule is CCSc1cccc(Sc2ccccc2)c1CN. The second-order valence-electron chi connectivity index (χ2n) is 3.79. The van der Waals surface area contributed by atoms with E-state index in [0.29, 0.717) is 6.54 Å². The summed E-state index contributed by atoms with van der Waals surface area (Å²) in [5.41, 5.74) is 7.17. The summed E-state index contributed by atoms with van der Waals surface area (Å²) in [6, 6.07) is 16.9. The zero-order chi connectivity index (χ0) is 12.8. The van der Waals surface area contributed by atoms with Crippen LogP contribution in [0.15, 0.2) is 63.2 Å². The Hall–Kier alpha value is -0.900. The molecule has 2 aromatic rings. The monoisotopic (exact) mass is 275 g/mol. The van der Waals surface area contributed by atoms with Crippen LogP contribution >= 0.6 is 23.5 Å². The van der Waals surface area contributed by atoms with Crippen LogP contribution < -0.4 is 5.73 Å². The highest BCUT2D eigenvalue weighted by molar-refractivity contribution is 8.00. The van der Waals surface area contributed by atoms with Gasteiger partial charge in [-0.15, -0.1) is 11.8 Å². The summed E-state index contributed by atoms with van der Waals surface area (Å²) in [6.07, 6.45) is 0. The highest BCUT2D eigenvalue weighted by atomic mass is 32.2. The normalized spacial score (nSPS) is 10.6. The lowest BCUT2D eigenvalue weighted by molar-refractivity contribution is 0.980. The minimum absolute atomic E-state index is 0.596. The second-order valence-corrected chi connectivity index (χ2v) is 6.21. The van der Waals surface area contributed by atoms with Crippen LogP contribution in [0.4, 0.5) is 0 Å². The Balaban J connectivity index is 2.30. The lowest BCUT2D eigenvalue weighted by atomic mass is 10.2. The summed E-state index contributed by atoms with van der Waals surface area (Å²) in [6.45, 7) is 2.76. The van der Waals surface area contributed by atoms with Crippen LogP contribution in [-0.2, 0) is 6.54 Å². The molecule has 2 N–H and O–H groups in total. The molecule has 0 aliphatic carbocycles. The summed E-state index contributed by atoms with van der Waals surface area (Å²) in [7, 11) is 0. The molecule has 2 rings (SSSR count). The number of thioether (sulfide) groups is 1. The molecule has 0 bridgehead atoms. The average Bonchev–Trinajstić information content (AvgIpc) is 2.41. The highest BCUT2D eigenvalue weighted by Crippen LogP contribution is 2.34. The fourth-order valence-electron chi connectivity index (χ4n) is 1.75. The molecule has 0 atom stereocenters. The molecular weight excluding hydrogens is 258 g/mol. The van der Waals surface area contributed by atoms with Gasteiger partial charge in [0.2, 0.25) is 0 Å². The summed E-state index contributed by atoms with van der Waals surface area (Å²) in [5.74, 6) is 1.08. The fourth-order valence-corrected chi connectivity index (χ4v) is 3.68. The highest BCUT2D eigenvalue weighted by Gasteiger charge is 2.08. The molecule has 3 heteroatoms. The minimum Gasteiger partial charge on any atom is -0.326 e. The lowest BCUT2D eigenvalue weighted by Crippen LogP contribution is -2.00. The maximum absolute atomic E-state index is 5.91. The Morgan fingerprint density at radius 2 is 1.67 bits per heavy atom. The van der Waals surface area contributed by atoms with Gasteiger partial charge in [0, 0.05) is 21.2 Å². The molecule has 0 amide bonds. The molecule has 1 nitrogen and oxygen atoms in total. The number of rotatable bonds is 5. The van der Waals surface area contributed by atoms with E-state index in [4.69, 9.17) is 5.73 Å². The summed E-state index contributed by atoms with van der Waals surface area (Å²) >= 11 is 3.64. The van der Waals surface area contributed by atoms with Gasteiger partial charge in [0.15, 0.2) is 0 Å². The summed E-state index contributed by atoms with van der Waals surface area (Å²) < 4.78 is 0. The largest absolute Gasteiger partial charge is 0.326 e. The molecule has 0 spiro atoms. The maximum Gasteiger partial charge on any atom is 0.0200 e. The van der Waals surface area contributed by atoms with Gasteiger partial charge < -0.3 is 5.73 Å². The first-order valence-corrected chi connectivity index (χ1v) is 7.83. The topological polar surface area (TPSA) is 26.0 Å². The predicted octanol–water partition coefficient (Wildman–Crippen LogP) is 4.41. The molecular formula is C15H17NS2. The van der Waals surface area contributed by atoms with Crippen LogP contribution in [0.5, 0.6) is 0 Å². The van der Waals surface area contributed by atoms with Crippen molar-refractivity contribution in [3.8, 4) is 0 Å². The van der Waals surface area contributed by atoms with Gasteiger partial charge in [0.1, 0.15) is 0 Å². The third-order valence-electron chi connectivity index (χ3n) is 2.57. The number of hydrogen-bond acceptors (Lipinski definition) is 3. The van der Waals surface area contributed by atoms with Gasteiger partial charge in [-0.05, 0) is 35.6 Å². The van der Waals surface area contributed by atoms with Crippen LogP contribution in [0.25, 0.3) is 0 Å². The zero-order valence-corrected chi connectivity index (χ0v) is 12.1. The van der Waals surface area contributed by atoms with E-state index in [9.17, 15) is 0 Å². The van der Waals surface area contributed by atoms with E-state index in [0.717, 1.165) is 5.75 Å². The van der Waals surface area contributed by atoms with E-state index in [-0.39, 0.29) is 0 Å². The molecule has 0 saturated heterocycles. The molecule has 0 aliphatic heterocycles. The molecule has 0 aromatic heterocycles. The van der Waals surface area contributed by atoms with Crippen LogP contribution in [-0.4, -0.2) is 5.75 Å². The van der Waals surface area contributed by atoms with Gasteiger partial charge in [0.25, 0.3) is 0 Å². The molecule has 0 fully saturated rings.